The SMILES string of the molecule is CSC(C)CNC(=O)c1sccc1C#CCN. The average Bonchev–Trinajstić information content (AvgIpc) is 2.81. The Hall–Kier alpha value is -0.960. The first-order valence-electron chi connectivity index (χ1n) is 5.26. The molecule has 0 saturated heterocycles. The molecule has 0 aliphatic carbocycles. The van der Waals surface area contributed by atoms with Crippen molar-refractivity contribution in [2.75, 3.05) is 19.3 Å². The van der Waals surface area contributed by atoms with Crippen LogP contribution in [-0.4, -0.2) is 30.5 Å². The van der Waals surface area contributed by atoms with Gasteiger partial charge in [0.05, 0.1) is 6.54 Å². The zero-order valence-electron chi connectivity index (χ0n) is 9.95. The molecule has 1 aromatic heterocycles. The molecule has 3 nitrogen and oxygen atoms in total. The van der Waals surface area contributed by atoms with Crippen LogP contribution in [0.5, 0.6) is 0 Å². The average molecular weight is 268 g/mol. The van der Waals surface area contributed by atoms with Crippen molar-refractivity contribution in [2.45, 2.75) is 12.2 Å². The van der Waals surface area contributed by atoms with E-state index in [1.165, 1.54) is 11.3 Å². The number of thioether (sulfide) groups is 1. The van der Waals surface area contributed by atoms with Crippen LogP contribution in [0.4, 0.5) is 0 Å². The van der Waals surface area contributed by atoms with Crippen molar-refractivity contribution in [1.29, 1.82) is 0 Å². The van der Waals surface area contributed by atoms with Gasteiger partial charge in [0, 0.05) is 17.4 Å². The molecule has 92 valence electrons. The van der Waals surface area contributed by atoms with E-state index in [1.54, 1.807) is 11.8 Å². The number of hydrogen-bond acceptors (Lipinski definition) is 4. The molecular weight excluding hydrogens is 252 g/mol. The number of thiophene rings is 1. The summed E-state index contributed by atoms with van der Waals surface area (Å²) in [6.07, 6.45) is 2.03. The number of nitrogens with two attached hydrogens (primary N) is 1. The molecule has 3 N–H and O–H groups in total. The predicted octanol–water partition coefficient (Wildman–Crippen LogP) is 1.54. The van der Waals surface area contributed by atoms with Gasteiger partial charge >= 0.3 is 0 Å². The van der Waals surface area contributed by atoms with Crippen LogP contribution in [0.2, 0.25) is 0 Å². The van der Waals surface area contributed by atoms with Crippen molar-refractivity contribution in [3.8, 4) is 11.8 Å². The van der Waals surface area contributed by atoms with Gasteiger partial charge in [-0.1, -0.05) is 18.8 Å². The van der Waals surface area contributed by atoms with Gasteiger partial charge in [-0.25, -0.2) is 0 Å². The quantitative estimate of drug-likeness (QED) is 0.815. The lowest BCUT2D eigenvalue weighted by Crippen LogP contribution is -2.29. The first-order valence-corrected chi connectivity index (χ1v) is 7.43. The fourth-order valence-electron chi connectivity index (χ4n) is 1.13. The lowest BCUT2D eigenvalue weighted by atomic mass is 10.2. The van der Waals surface area contributed by atoms with Gasteiger partial charge < -0.3 is 11.1 Å². The number of carbonyl (C=O) groups is 1. The molecule has 0 radical (unpaired) electrons. The molecule has 1 heterocycles. The smallest absolute Gasteiger partial charge is 0.262 e. The van der Waals surface area contributed by atoms with Gasteiger partial charge in [-0.05, 0) is 17.7 Å². The summed E-state index contributed by atoms with van der Waals surface area (Å²) in [5, 5.41) is 5.19. The van der Waals surface area contributed by atoms with Crippen molar-refractivity contribution < 1.29 is 4.79 Å². The fraction of sp³-hybridized carbons (Fsp3) is 0.417. The highest BCUT2D eigenvalue weighted by atomic mass is 32.2. The summed E-state index contributed by atoms with van der Waals surface area (Å²) in [5.41, 5.74) is 6.07. The lowest BCUT2D eigenvalue weighted by molar-refractivity contribution is 0.0958. The monoisotopic (exact) mass is 268 g/mol. The van der Waals surface area contributed by atoms with Gasteiger partial charge in [-0.15, -0.1) is 11.3 Å². The molecule has 0 bridgehead atoms. The molecule has 0 spiro atoms. The third-order valence-electron chi connectivity index (χ3n) is 2.15. The Bertz CT molecular complexity index is 431. The van der Waals surface area contributed by atoms with Gasteiger partial charge in [0.15, 0.2) is 0 Å². The van der Waals surface area contributed by atoms with Crippen molar-refractivity contribution in [1.82, 2.24) is 5.32 Å². The Morgan fingerprint density at radius 2 is 2.47 bits per heavy atom. The first kappa shape index (κ1) is 14.1. The van der Waals surface area contributed by atoms with E-state index in [4.69, 9.17) is 5.73 Å². The summed E-state index contributed by atoms with van der Waals surface area (Å²) >= 11 is 3.13. The highest BCUT2D eigenvalue weighted by molar-refractivity contribution is 7.99. The topological polar surface area (TPSA) is 55.1 Å². The van der Waals surface area contributed by atoms with Crippen LogP contribution in [0, 0.1) is 11.8 Å². The van der Waals surface area contributed by atoms with Crippen LogP contribution in [0.25, 0.3) is 0 Å². The molecule has 0 aliphatic rings. The molecule has 1 aromatic rings. The Morgan fingerprint density at radius 1 is 1.71 bits per heavy atom. The Morgan fingerprint density at radius 3 is 3.12 bits per heavy atom. The molecule has 1 atom stereocenters. The van der Waals surface area contributed by atoms with E-state index in [-0.39, 0.29) is 5.91 Å². The molecule has 1 rings (SSSR count). The van der Waals surface area contributed by atoms with E-state index in [0.29, 0.717) is 23.2 Å². The van der Waals surface area contributed by atoms with Crippen molar-refractivity contribution in [3.63, 3.8) is 0 Å². The molecule has 1 amide bonds. The largest absolute Gasteiger partial charge is 0.350 e. The summed E-state index contributed by atoms with van der Waals surface area (Å²) in [6.45, 7) is 3.05. The van der Waals surface area contributed by atoms with Gasteiger partial charge in [-0.3, -0.25) is 4.79 Å². The van der Waals surface area contributed by atoms with Crippen molar-refractivity contribution in [2.24, 2.45) is 5.73 Å². The summed E-state index contributed by atoms with van der Waals surface area (Å²) < 4.78 is 0. The maximum Gasteiger partial charge on any atom is 0.262 e. The van der Waals surface area contributed by atoms with Crippen LogP contribution in [0.1, 0.15) is 22.2 Å². The molecule has 5 heteroatoms. The number of hydrogen-bond donors (Lipinski definition) is 2. The zero-order valence-corrected chi connectivity index (χ0v) is 11.6. The van der Waals surface area contributed by atoms with E-state index >= 15 is 0 Å². The fourth-order valence-corrected chi connectivity index (χ4v) is 2.15. The Kier molecular flexibility index (Phi) is 6.12. The third-order valence-corrected chi connectivity index (χ3v) is 4.03. The molecule has 0 fully saturated rings. The van der Waals surface area contributed by atoms with Crippen LogP contribution < -0.4 is 11.1 Å². The Balaban J connectivity index is 2.66. The molecule has 0 saturated carbocycles. The van der Waals surface area contributed by atoms with Crippen LogP contribution in [0.3, 0.4) is 0 Å². The maximum absolute atomic E-state index is 11.9. The lowest BCUT2D eigenvalue weighted by Gasteiger charge is -2.09. The van der Waals surface area contributed by atoms with Gasteiger partial charge in [-0.2, -0.15) is 11.8 Å². The zero-order chi connectivity index (χ0) is 12.7. The van der Waals surface area contributed by atoms with Crippen molar-refractivity contribution in [3.05, 3.63) is 21.9 Å². The van der Waals surface area contributed by atoms with E-state index in [2.05, 4.69) is 24.1 Å². The summed E-state index contributed by atoms with van der Waals surface area (Å²) in [6, 6.07) is 1.85. The number of amides is 1. The van der Waals surface area contributed by atoms with Crippen LogP contribution >= 0.6 is 23.1 Å². The van der Waals surface area contributed by atoms with Gasteiger partial charge in [0.1, 0.15) is 4.88 Å². The summed E-state index contributed by atoms with van der Waals surface area (Å²) in [4.78, 5) is 12.6. The Labute approximate surface area is 110 Å². The molecule has 17 heavy (non-hydrogen) atoms. The maximum atomic E-state index is 11.9. The van der Waals surface area contributed by atoms with E-state index < -0.39 is 0 Å². The molecule has 0 aliphatic heterocycles. The normalized spacial score (nSPS) is 11.5. The molecule has 0 aromatic carbocycles. The van der Waals surface area contributed by atoms with E-state index in [0.717, 1.165) is 5.56 Å². The molecular formula is C12H16N2OS2. The van der Waals surface area contributed by atoms with E-state index in [9.17, 15) is 4.79 Å². The highest BCUT2D eigenvalue weighted by Gasteiger charge is 2.12. The van der Waals surface area contributed by atoms with Gasteiger partial charge in [0.2, 0.25) is 0 Å². The minimum atomic E-state index is -0.0535. The second-order valence-electron chi connectivity index (χ2n) is 3.43. The van der Waals surface area contributed by atoms with Crippen LogP contribution in [-0.2, 0) is 0 Å². The number of rotatable bonds is 4. The third kappa shape index (κ3) is 4.43. The van der Waals surface area contributed by atoms with E-state index in [1.807, 2.05) is 17.7 Å². The minimum Gasteiger partial charge on any atom is -0.350 e. The minimum absolute atomic E-state index is 0.0535. The second kappa shape index (κ2) is 7.38. The summed E-state index contributed by atoms with van der Waals surface area (Å²) in [7, 11) is 0. The molecule has 1 unspecified atom stereocenters. The standard InChI is InChI=1S/C12H16N2OS2/c1-9(16-2)8-14-12(15)11-10(4-3-6-13)5-7-17-11/h5,7,9H,6,8,13H2,1-2H3,(H,14,15). The highest BCUT2D eigenvalue weighted by Crippen LogP contribution is 2.15. The number of nitrogens with one attached hydrogen (secondary N) is 1. The number of carbonyl (C=O) groups excluding carboxylic acids is 1. The van der Waals surface area contributed by atoms with Crippen molar-refractivity contribution >= 4 is 29.0 Å². The first-order chi connectivity index (χ1) is 8.19. The second-order valence-corrected chi connectivity index (χ2v) is 5.62. The predicted molar refractivity (Wildman–Crippen MR) is 75.6 cm³/mol. The summed E-state index contributed by atoms with van der Waals surface area (Å²) in [5.74, 6) is 5.61. The van der Waals surface area contributed by atoms with Crippen LogP contribution in [0.15, 0.2) is 11.4 Å². The van der Waals surface area contributed by atoms with Gasteiger partial charge in [0.25, 0.3) is 5.91 Å².